The molecule has 0 aliphatic carbocycles. The van der Waals surface area contributed by atoms with Gasteiger partial charge in [0.05, 0.1) is 18.2 Å². The fourth-order valence-corrected chi connectivity index (χ4v) is 1.75. The van der Waals surface area contributed by atoms with Gasteiger partial charge < -0.3 is 9.47 Å². The number of nitrogens with two attached hydrogens (primary N) is 1. The molecule has 1 aromatic rings. The van der Waals surface area contributed by atoms with Crippen LogP contribution in [0, 0.1) is 0 Å². The second-order valence-corrected chi connectivity index (χ2v) is 4.32. The molecule has 0 unspecified atom stereocenters. The molecule has 94 valence electrons. The topological polar surface area (TPSA) is 64.8 Å². The van der Waals surface area contributed by atoms with Crippen molar-refractivity contribution in [1.82, 2.24) is 5.01 Å². The van der Waals surface area contributed by atoms with Crippen molar-refractivity contribution >= 4 is 21.8 Å². The zero-order valence-corrected chi connectivity index (χ0v) is 11.4. The summed E-state index contributed by atoms with van der Waals surface area (Å²) in [5, 5.41) is 1.00. The molecule has 0 saturated heterocycles. The lowest BCUT2D eigenvalue weighted by Crippen LogP contribution is -2.35. The highest BCUT2D eigenvalue weighted by atomic mass is 79.9. The van der Waals surface area contributed by atoms with E-state index in [2.05, 4.69) is 15.9 Å². The maximum atomic E-state index is 11.1. The Kier molecular flexibility index (Phi) is 5.40. The van der Waals surface area contributed by atoms with Gasteiger partial charge in [-0.05, 0) is 33.6 Å². The van der Waals surface area contributed by atoms with Crippen LogP contribution in [0.2, 0.25) is 0 Å². The zero-order valence-electron chi connectivity index (χ0n) is 9.77. The van der Waals surface area contributed by atoms with Crippen LogP contribution in [-0.4, -0.2) is 31.7 Å². The number of hydrogen-bond acceptors (Lipinski definition) is 4. The van der Waals surface area contributed by atoms with E-state index in [0.717, 1.165) is 20.8 Å². The minimum Gasteiger partial charge on any atom is -0.496 e. The number of benzene rings is 1. The molecular formula is C11H15BrN2O3. The van der Waals surface area contributed by atoms with Gasteiger partial charge in [-0.1, -0.05) is 6.07 Å². The summed E-state index contributed by atoms with van der Waals surface area (Å²) in [6.45, 7) is 0.318. The van der Waals surface area contributed by atoms with Crippen molar-refractivity contribution in [2.45, 2.75) is 6.61 Å². The number of likely N-dealkylation sites (N-methyl/N-ethyl adjacent to an activating group) is 1. The van der Waals surface area contributed by atoms with Gasteiger partial charge in [0.1, 0.15) is 12.4 Å². The van der Waals surface area contributed by atoms with Gasteiger partial charge in [0.25, 0.3) is 5.91 Å². The van der Waals surface area contributed by atoms with Crippen molar-refractivity contribution in [2.75, 3.05) is 20.8 Å². The van der Waals surface area contributed by atoms with Gasteiger partial charge in [-0.2, -0.15) is 0 Å². The van der Waals surface area contributed by atoms with E-state index < -0.39 is 0 Å². The predicted molar refractivity (Wildman–Crippen MR) is 67.3 cm³/mol. The Morgan fingerprint density at radius 3 is 2.76 bits per heavy atom. The van der Waals surface area contributed by atoms with Crippen molar-refractivity contribution in [2.24, 2.45) is 5.84 Å². The van der Waals surface area contributed by atoms with Gasteiger partial charge in [-0.25, -0.2) is 5.84 Å². The van der Waals surface area contributed by atoms with Crippen molar-refractivity contribution in [1.29, 1.82) is 0 Å². The van der Waals surface area contributed by atoms with E-state index in [0.29, 0.717) is 6.61 Å². The molecule has 0 fully saturated rings. The lowest BCUT2D eigenvalue weighted by molar-refractivity contribution is -0.135. The molecule has 1 rings (SSSR count). The summed E-state index contributed by atoms with van der Waals surface area (Å²) in [5.74, 6) is 5.75. The Morgan fingerprint density at radius 2 is 2.24 bits per heavy atom. The lowest BCUT2D eigenvalue weighted by atomic mass is 10.2. The van der Waals surface area contributed by atoms with Crippen LogP contribution in [-0.2, 0) is 16.1 Å². The molecule has 0 heterocycles. The van der Waals surface area contributed by atoms with Crippen molar-refractivity contribution in [3.05, 3.63) is 28.2 Å². The molecule has 0 aliphatic heterocycles. The zero-order chi connectivity index (χ0) is 12.8. The van der Waals surface area contributed by atoms with E-state index >= 15 is 0 Å². The van der Waals surface area contributed by atoms with Gasteiger partial charge in [-0.15, -0.1) is 0 Å². The average Bonchev–Trinajstić information content (AvgIpc) is 2.29. The molecule has 0 spiro atoms. The van der Waals surface area contributed by atoms with Crippen LogP contribution < -0.4 is 10.6 Å². The molecule has 0 bridgehead atoms. The van der Waals surface area contributed by atoms with Crippen LogP contribution in [0.5, 0.6) is 5.75 Å². The van der Waals surface area contributed by atoms with Crippen LogP contribution in [0.25, 0.3) is 0 Å². The number of carbonyl (C=O) groups is 1. The van der Waals surface area contributed by atoms with E-state index in [4.69, 9.17) is 15.3 Å². The van der Waals surface area contributed by atoms with E-state index in [1.165, 1.54) is 7.05 Å². The monoisotopic (exact) mass is 302 g/mol. The molecule has 1 aromatic carbocycles. The smallest absolute Gasteiger partial charge is 0.262 e. The third-order valence-corrected chi connectivity index (χ3v) is 2.72. The van der Waals surface area contributed by atoms with Gasteiger partial charge in [-0.3, -0.25) is 9.80 Å². The minimum absolute atomic E-state index is 0.0311. The second-order valence-electron chi connectivity index (χ2n) is 3.47. The molecule has 6 heteroatoms. The maximum Gasteiger partial charge on any atom is 0.262 e. The van der Waals surface area contributed by atoms with Crippen LogP contribution in [0.15, 0.2) is 22.7 Å². The number of nitrogens with zero attached hydrogens (tertiary/aromatic N) is 1. The van der Waals surface area contributed by atoms with E-state index in [9.17, 15) is 4.79 Å². The normalized spacial score (nSPS) is 10.1. The van der Waals surface area contributed by atoms with Crippen molar-refractivity contribution in [3.8, 4) is 5.75 Å². The molecule has 2 N–H and O–H groups in total. The Balaban J connectivity index is 2.47. The lowest BCUT2D eigenvalue weighted by Gasteiger charge is -2.10. The molecular weight excluding hydrogens is 288 g/mol. The van der Waals surface area contributed by atoms with E-state index in [1.54, 1.807) is 7.11 Å². The van der Waals surface area contributed by atoms with Crippen molar-refractivity contribution < 1.29 is 14.3 Å². The summed E-state index contributed by atoms with van der Waals surface area (Å²) in [5.41, 5.74) is 0.949. The minimum atomic E-state index is -0.266. The first kappa shape index (κ1) is 14.0. The highest BCUT2D eigenvalue weighted by molar-refractivity contribution is 9.10. The number of hydrogen-bond donors (Lipinski definition) is 1. The first-order valence-corrected chi connectivity index (χ1v) is 5.75. The van der Waals surface area contributed by atoms with Crippen LogP contribution >= 0.6 is 15.9 Å². The standard InChI is InChI=1S/C11H15BrN2O3/c1-14(13)11(15)7-17-6-8-3-4-10(16-2)9(12)5-8/h3-5H,6-7,13H2,1-2H3. The number of carbonyl (C=O) groups excluding carboxylic acids is 1. The molecule has 1 amide bonds. The fourth-order valence-electron chi connectivity index (χ4n) is 1.16. The van der Waals surface area contributed by atoms with Gasteiger partial charge in [0, 0.05) is 7.05 Å². The molecule has 0 atom stereocenters. The Labute approximate surface area is 109 Å². The molecule has 5 nitrogen and oxygen atoms in total. The first-order valence-electron chi connectivity index (χ1n) is 4.96. The summed E-state index contributed by atoms with van der Waals surface area (Å²) < 4.78 is 11.2. The number of ether oxygens (including phenoxy) is 2. The summed E-state index contributed by atoms with van der Waals surface area (Å²) in [4.78, 5) is 11.1. The molecule has 0 saturated carbocycles. The Morgan fingerprint density at radius 1 is 1.53 bits per heavy atom. The predicted octanol–water partition coefficient (Wildman–Crippen LogP) is 1.31. The number of hydrazine groups is 1. The summed E-state index contributed by atoms with van der Waals surface area (Å²) in [7, 11) is 3.08. The van der Waals surface area contributed by atoms with Gasteiger partial charge in [0.2, 0.25) is 0 Å². The highest BCUT2D eigenvalue weighted by Gasteiger charge is 2.05. The first-order chi connectivity index (χ1) is 8.04. The summed E-state index contributed by atoms with van der Waals surface area (Å²) >= 11 is 3.38. The number of methoxy groups -OCH3 is 1. The second kappa shape index (κ2) is 6.58. The van der Waals surface area contributed by atoms with Crippen molar-refractivity contribution in [3.63, 3.8) is 0 Å². The quantitative estimate of drug-likeness (QED) is 0.506. The fraction of sp³-hybridized carbons (Fsp3) is 0.364. The molecule has 0 aliphatic rings. The average molecular weight is 303 g/mol. The maximum absolute atomic E-state index is 11.1. The third kappa shape index (κ3) is 4.33. The Hall–Kier alpha value is -1.11. The van der Waals surface area contributed by atoms with Gasteiger partial charge >= 0.3 is 0 Å². The third-order valence-electron chi connectivity index (χ3n) is 2.10. The number of amides is 1. The van der Waals surface area contributed by atoms with Crippen LogP contribution in [0.3, 0.4) is 0 Å². The molecule has 17 heavy (non-hydrogen) atoms. The SMILES string of the molecule is COc1ccc(COCC(=O)N(C)N)cc1Br. The van der Waals surface area contributed by atoms with Gasteiger partial charge in [0.15, 0.2) is 0 Å². The molecule has 0 aromatic heterocycles. The van der Waals surface area contributed by atoms with E-state index in [-0.39, 0.29) is 12.5 Å². The summed E-state index contributed by atoms with van der Waals surface area (Å²) in [6, 6.07) is 5.59. The van der Waals surface area contributed by atoms with E-state index in [1.807, 2.05) is 18.2 Å². The highest BCUT2D eigenvalue weighted by Crippen LogP contribution is 2.25. The number of rotatable bonds is 5. The van der Waals surface area contributed by atoms with Crippen LogP contribution in [0.1, 0.15) is 5.56 Å². The summed E-state index contributed by atoms with van der Waals surface area (Å²) in [6.07, 6.45) is 0. The Bertz CT molecular complexity index is 396. The number of halogens is 1. The van der Waals surface area contributed by atoms with Crippen LogP contribution in [0.4, 0.5) is 0 Å². The largest absolute Gasteiger partial charge is 0.496 e. The molecule has 0 radical (unpaired) electrons.